The van der Waals surface area contributed by atoms with Gasteiger partial charge in [-0.05, 0) is 56.9 Å². The molecule has 9 rings (SSSR count). The Labute approximate surface area is 271 Å². The highest BCUT2D eigenvalue weighted by Crippen LogP contribution is 2.50. The van der Waals surface area contributed by atoms with E-state index in [4.69, 9.17) is 4.98 Å². The van der Waals surface area contributed by atoms with Crippen molar-refractivity contribution in [2.24, 2.45) is 0 Å². The van der Waals surface area contributed by atoms with Crippen molar-refractivity contribution in [3.05, 3.63) is 182 Å². The van der Waals surface area contributed by atoms with Crippen molar-refractivity contribution in [2.75, 3.05) is 9.62 Å². The Balaban J connectivity index is 1.31. The number of anilines is 4. The summed E-state index contributed by atoms with van der Waals surface area (Å²) in [4.78, 5) is 10.7. The molecule has 0 aliphatic carbocycles. The molecule has 5 heteroatoms. The van der Waals surface area contributed by atoms with E-state index in [2.05, 4.69) is 192 Å². The molecule has 1 aromatic heterocycles. The molecule has 7 aromatic rings. The van der Waals surface area contributed by atoms with Crippen LogP contribution in [0.5, 0.6) is 0 Å². The zero-order chi connectivity index (χ0) is 30.5. The number of nitrogens with zero attached hydrogens (tertiary/aromatic N) is 3. The number of hydrogen-bond acceptors (Lipinski definition) is 3. The van der Waals surface area contributed by atoms with Crippen LogP contribution in [0.1, 0.15) is 0 Å². The van der Waals surface area contributed by atoms with E-state index in [1.165, 1.54) is 43.5 Å². The number of benzene rings is 6. The summed E-state index contributed by atoms with van der Waals surface area (Å²) in [6.07, 6.45) is 0. The fourth-order valence-corrected chi connectivity index (χ4v) is 12.3. The minimum Gasteiger partial charge on any atom is -0.359 e. The van der Waals surface area contributed by atoms with Crippen molar-refractivity contribution in [3.63, 3.8) is 0 Å². The van der Waals surface area contributed by atoms with Gasteiger partial charge in [0.25, 0.3) is 0 Å². The summed E-state index contributed by atoms with van der Waals surface area (Å²) in [5.41, 5.74) is 7.39. The van der Waals surface area contributed by atoms with Crippen LogP contribution in [0.15, 0.2) is 182 Å². The van der Waals surface area contributed by atoms with E-state index in [9.17, 15) is 0 Å². The Hall–Kier alpha value is -5.65. The molecule has 0 bridgehead atoms. The summed E-state index contributed by atoms with van der Waals surface area (Å²) in [6, 6.07) is 66.1. The molecule has 2 aliphatic rings. The molecule has 0 saturated heterocycles. The summed E-state index contributed by atoms with van der Waals surface area (Å²) < 4.78 is 0. The first-order chi connectivity index (χ1) is 22.9. The molecule has 0 unspecified atom stereocenters. The summed E-state index contributed by atoms with van der Waals surface area (Å²) >= 11 is 0. The third-order valence-corrected chi connectivity index (χ3v) is 14.2. The first-order valence-corrected chi connectivity index (χ1v) is 17.9. The number of aromatic nitrogens is 1. The van der Waals surface area contributed by atoms with E-state index in [1.54, 1.807) is 0 Å². The Morgan fingerprint density at radius 3 is 1.48 bits per heavy atom. The van der Waals surface area contributed by atoms with Crippen LogP contribution in [0.25, 0.3) is 11.1 Å². The Kier molecular flexibility index (Phi) is 6.25. The van der Waals surface area contributed by atoms with Crippen LogP contribution in [0.3, 0.4) is 0 Å². The molecule has 0 N–H and O–H groups in total. The standard InChI is InChI=1S/C41H30BN3Si/c1-4-17-31(18-5-1)46(32-19-6-2-7-20-32,33-21-8-3-9-22-33)41-30-16-29-40(43-41)45-39-28-15-14-27-38(39)44-37-26-13-11-24-35(37)34-23-10-12-25-36(34)42(44)45/h1-30H. The second-order valence-electron chi connectivity index (χ2n) is 11.9. The molecule has 0 fully saturated rings. The van der Waals surface area contributed by atoms with Crippen LogP contribution in [-0.2, 0) is 0 Å². The van der Waals surface area contributed by atoms with E-state index < -0.39 is 8.07 Å². The highest BCUT2D eigenvalue weighted by molar-refractivity contribution is 7.19. The summed E-state index contributed by atoms with van der Waals surface area (Å²) in [6.45, 7) is -0.0625. The smallest absolute Gasteiger partial charge is 0.359 e. The Bertz CT molecular complexity index is 2090. The zero-order valence-electron chi connectivity index (χ0n) is 25.2. The normalized spacial score (nSPS) is 13.1. The second-order valence-corrected chi connectivity index (χ2v) is 15.7. The van der Waals surface area contributed by atoms with Gasteiger partial charge in [-0.2, -0.15) is 0 Å². The lowest BCUT2D eigenvalue weighted by Gasteiger charge is -2.37. The molecule has 3 nitrogen and oxygen atoms in total. The lowest BCUT2D eigenvalue weighted by molar-refractivity contribution is 1.26. The number of para-hydroxylation sites is 3. The van der Waals surface area contributed by atoms with Gasteiger partial charge in [-0.3, -0.25) is 0 Å². The monoisotopic (exact) mass is 603 g/mol. The summed E-state index contributed by atoms with van der Waals surface area (Å²) in [7, 11) is -2.80. The number of pyridine rings is 1. The average Bonchev–Trinajstić information content (AvgIpc) is 3.49. The lowest BCUT2D eigenvalue weighted by atomic mass is 9.59. The SMILES string of the molecule is c1ccc([Si](c2ccccc2)(c2ccccc2)c2cccc(N3B4c5ccccc5-c5ccccc5N4c4ccccc43)n2)cc1. The van der Waals surface area contributed by atoms with Gasteiger partial charge >= 0.3 is 6.98 Å². The molecule has 0 spiro atoms. The maximum absolute atomic E-state index is 5.74. The predicted octanol–water partition coefficient (Wildman–Crippen LogP) is 6.12. The van der Waals surface area contributed by atoms with Gasteiger partial charge in [0.15, 0.2) is 0 Å². The first-order valence-electron chi connectivity index (χ1n) is 15.9. The Morgan fingerprint density at radius 1 is 0.391 bits per heavy atom. The fraction of sp³-hybridized carbons (Fsp3) is 0. The van der Waals surface area contributed by atoms with E-state index >= 15 is 0 Å². The quantitative estimate of drug-likeness (QED) is 0.175. The highest BCUT2D eigenvalue weighted by Gasteiger charge is 2.49. The van der Waals surface area contributed by atoms with E-state index in [0.29, 0.717) is 0 Å². The summed E-state index contributed by atoms with van der Waals surface area (Å²) in [5.74, 6) is 0.950. The second kappa shape index (κ2) is 10.8. The first kappa shape index (κ1) is 26.7. The largest absolute Gasteiger partial charge is 0.422 e. The topological polar surface area (TPSA) is 19.4 Å². The molecular weight excluding hydrogens is 573 g/mol. The molecule has 2 aliphatic heterocycles. The number of fused-ring (bicyclic) bond motifs is 8. The third kappa shape index (κ3) is 3.89. The fourth-order valence-electron chi connectivity index (χ4n) is 7.69. The minimum absolute atomic E-state index is 0.0625. The van der Waals surface area contributed by atoms with Gasteiger partial charge in [0, 0.05) is 16.6 Å². The van der Waals surface area contributed by atoms with Crippen molar-refractivity contribution >= 4 is 64.3 Å². The van der Waals surface area contributed by atoms with E-state index in [-0.39, 0.29) is 6.98 Å². The van der Waals surface area contributed by atoms with E-state index in [1.807, 2.05) is 0 Å². The molecule has 6 aromatic carbocycles. The van der Waals surface area contributed by atoms with Gasteiger partial charge in [0.05, 0.1) is 11.4 Å². The van der Waals surface area contributed by atoms with Gasteiger partial charge in [0.2, 0.25) is 8.07 Å². The van der Waals surface area contributed by atoms with E-state index in [0.717, 1.165) is 16.8 Å². The molecule has 0 radical (unpaired) electrons. The average molecular weight is 604 g/mol. The lowest BCUT2D eigenvalue weighted by Crippen LogP contribution is -2.75. The van der Waals surface area contributed by atoms with Gasteiger partial charge in [-0.1, -0.05) is 152 Å². The minimum atomic E-state index is -2.80. The zero-order valence-corrected chi connectivity index (χ0v) is 26.2. The maximum atomic E-state index is 5.74. The molecule has 3 heterocycles. The molecular formula is C41H30BN3Si. The van der Waals surface area contributed by atoms with Crippen molar-refractivity contribution < 1.29 is 0 Å². The van der Waals surface area contributed by atoms with Crippen LogP contribution in [0.4, 0.5) is 22.9 Å². The van der Waals surface area contributed by atoms with Gasteiger partial charge in [0.1, 0.15) is 5.82 Å². The van der Waals surface area contributed by atoms with Crippen LogP contribution in [0, 0.1) is 0 Å². The molecule has 0 amide bonds. The predicted molar refractivity (Wildman–Crippen MR) is 196 cm³/mol. The van der Waals surface area contributed by atoms with Crippen LogP contribution < -0.4 is 36.0 Å². The van der Waals surface area contributed by atoms with Gasteiger partial charge in [-0.15, -0.1) is 0 Å². The van der Waals surface area contributed by atoms with Crippen LogP contribution in [0.2, 0.25) is 0 Å². The van der Waals surface area contributed by atoms with Gasteiger partial charge in [-0.25, -0.2) is 4.98 Å². The van der Waals surface area contributed by atoms with Crippen molar-refractivity contribution in [3.8, 4) is 11.1 Å². The summed E-state index contributed by atoms with van der Waals surface area (Å²) in [5, 5.41) is 5.07. The maximum Gasteiger partial charge on any atom is 0.422 e. The van der Waals surface area contributed by atoms with Crippen molar-refractivity contribution in [1.82, 2.24) is 4.98 Å². The Morgan fingerprint density at radius 2 is 0.870 bits per heavy atom. The molecule has 0 atom stereocenters. The molecule has 0 saturated carbocycles. The highest BCUT2D eigenvalue weighted by atomic mass is 28.3. The number of rotatable bonds is 5. The van der Waals surface area contributed by atoms with Gasteiger partial charge < -0.3 is 9.62 Å². The number of hydrogen-bond donors (Lipinski definition) is 0. The van der Waals surface area contributed by atoms with Crippen molar-refractivity contribution in [1.29, 1.82) is 0 Å². The molecule has 46 heavy (non-hydrogen) atoms. The van der Waals surface area contributed by atoms with Crippen LogP contribution in [-0.4, -0.2) is 20.0 Å². The van der Waals surface area contributed by atoms with Crippen molar-refractivity contribution in [2.45, 2.75) is 0 Å². The third-order valence-electron chi connectivity index (χ3n) is 9.57. The molecule has 216 valence electrons. The van der Waals surface area contributed by atoms with Crippen LogP contribution >= 0.6 is 0 Å².